The maximum absolute atomic E-state index is 14.2. The standard InChI is InChI=1S/C22H20F2N6O.H2/c1-13(16-6-5-15(23)9-18(16)24)27-20-10-19(28-22(29-20)31-12-14-3-4-14)17-11-26-30-8-2-7-25-21(17)30;/h2,5-11,13-14H,3-4,12H2,1H3,(H,27,28,29);1H/t13-;/m0./s1. The lowest BCUT2D eigenvalue weighted by Crippen LogP contribution is -2.12. The van der Waals surface area contributed by atoms with Crippen LogP contribution in [0.25, 0.3) is 16.9 Å². The average molecular weight is 424 g/mol. The third-order valence-electron chi connectivity index (χ3n) is 5.20. The number of nitrogens with one attached hydrogen (secondary N) is 1. The van der Waals surface area contributed by atoms with E-state index in [4.69, 9.17) is 4.74 Å². The first-order valence-electron chi connectivity index (χ1n) is 10.1. The molecule has 160 valence electrons. The molecule has 1 aromatic carbocycles. The molecule has 0 bridgehead atoms. The first-order valence-corrected chi connectivity index (χ1v) is 10.1. The Kier molecular flexibility index (Phi) is 4.93. The molecule has 0 unspecified atom stereocenters. The molecule has 4 aromatic rings. The van der Waals surface area contributed by atoms with Crippen LogP contribution in [-0.2, 0) is 0 Å². The number of rotatable bonds is 7. The molecule has 1 N–H and O–H groups in total. The van der Waals surface area contributed by atoms with E-state index in [1.807, 2.05) is 0 Å². The van der Waals surface area contributed by atoms with Crippen LogP contribution >= 0.6 is 0 Å². The zero-order valence-electron chi connectivity index (χ0n) is 16.8. The highest BCUT2D eigenvalue weighted by molar-refractivity contribution is 5.75. The molecule has 1 fully saturated rings. The zero-order valence-corrected chi connectivity index (χ0v) is 16.8. The molecule has 1 saturated carbocycles. The van der Waals surface area contributed by atoms with Crippen LogP contribution in [0.2, 0.25) is 0 Å². The Bertz CT molecular complexity index is 1250. The van der Waals surface area contributed by atoms with Gasteiger partial charge in [-0.2, -0.15) is 15.1 Å². The maximum Gasteiger partial charge on any atom is 0.318 e. The molecule has 5 rings (SSSR count). The Hall–Kier alpha value is -3.62. The van der Waals surface area contributed by atoms with Gasteiger partial charge in [0, 0.05) is 31.5 Å². The minimum absolute atomic E-state index is 0. The van der Waals surface area contributed by atoms with Gasteiger partial charge in [0.1, 0.15) is 17.5 Å². The van der Waals surface area contributed by atoms with Gasteiger partial charge in [-0.05, 0) is 37.8 Å². The summed E-state index contributed by atoms with van der Waals surface area (Å²) >= 11 is 0. The minimum atomic E-state index is -0.619. The molecule has 7 nitrogen and oxygen atoms in total. The first kappa shape index (κ1) is 19.3. The number of fused-ring (bicyclic) bond motifs is 1. The van der Waals surface area contributed by atoms with Crippen molar-refractivity contribution in [3.63, 3.8) is 0 Å². The van der Waals surface area contributed by atoms with Gasteiger partial charge in [0.15, 0.2) is 5.65 Å². The second kappa shape index (κ2) is 7.90. The highest BCUT2D eigenvalue weighted by atomic mass is 19.1. The highest BCUT2D eigenvalue weighted by Crippen LogP contribution is 2.31. The van der Waals surface area contributed by atoms with Crippen molar-refractivity contribution < 1.29 is 14.9 Å². The Morgan fingerprint density at radius 3 is 2.94 bits per heavy atom. The summed E-state index contributed by atoms with van der Waals surface area (Å²) in [5.41, 5.74) is 2.30. The van der Waals surface area contributed by atoms with Crippen molar-refractivity contribution in [3.8, 4) is 17.3 Å². The molecule has 0 radical (unpaired) electrons. The quantitative estimate of drug-likeness (QED) is 0.465. The number of hydrogen-bond donors (Lipinski definition) is 1. The molecule has 0 aliphatic heterocycles. The van der Waals surface area contributed by atoms with Gasteiger partial charge in [-0.25, -0.2) is 18.3 Å². The molecule has 0 spiro atoms. The largest absolute Gasteiger partial charge is 0.463 e. The Labute approximate surface area is 178 Å². The topological polar surface area (TPSA) is 77.2 Å². The normalized spacial score (nSPS) is 14.5. The van der Waals surface area contributed by atoms with E-state index in [1.54, 1.807) is 42.2 Å². The van der Waals surface area contributed by atoms with E-state index in [0.717, 1.165) is 24.5 Å². The Morgan fingerprint density at radius 1 is 1.26 bits per heavy atom. The van der Waals surface area contributed by atoms with E-state index < -0.39 is 17.7 Å². The number of halogens is 2. The summed E-state index contributed by atoms with van der Waals surface area (Å²) in [6.45, 7) is 2.33. The lowest BCUT2D eigenvalue weighted by atomic mass is 10.1. The highest BCUT2D eigenvalue weighted by Gasteiger charge is 2.23. The second-order valence-electron chi connectivity index (χ2n) is 7.65. The number of anilines is 1. The van der Waals surface area contributed by atoms with Crippen LogP contribution in [-0.4, -0.2) is 31.2 Å². The fourth-order valence-corrected chi connectivity index (χ4v) is 3.34. The molecule has 1 aliphatic carbocycles. The van der Waals surface area contributed by atoms with Crippen LogP contribution in [0, 0.1) is 17.6 Å². The second-order valence-corrected chi connectivity index (χ2v) is 7.65. The van der Waals surface area contributed by atoms with Gasteiger partial charge in [-0.3, -0.25) is 0 Å². The van der Waals surface area contributed by atoms with Gasteiger partial charge in [0.25, 0.3) is 0 Å². The fraction of sp³-hybridized carbons (Fsp3) is 0.273. The van der Waals surface area contributed by atoms with Crippen LogP contribution in [0.1, 0.15) is 32.8 Å². The van der Waals surface area contributed by atoms with Gasteiger partial charge in [-0.15, -0.1) is 0 Å². The zero-order chi connectivity index (χ0) is 21.4. The number of benzene rings is 1. The fourth-order valence-electron chi connectivity index (χ4n) is 3.34. The van der Waals surface area contributed by atoms with Gasteiger partial charge < -0.3 is 10.1 Å². The minimum Gasteiger partial charge on any atom is -0.463 e. The molecule has 0 saturated heterocycles. The van der Waals surface area contributed by atoms with Crippen molar-refractivity contribution in [1.29, 1.82) is 0 Å². The van der Waals surface area contributed by atoms with Gasteiger partial charge >= 0.3 is 6.01 Å². The third-order valence-corrected chi connectivity index (χ3v) is 5.20. The predicted octanol–water partition coefficient (Wildman–Crippen LogP) is 4.67. The summed E-state index contributed by atoms with van der Waals surface area (Å²) in [7, 11) is 0. The van der Waals surface area contributed by atoms with Crippen molar-refractivity contribution in [2.75, 3.05) is 11.9 Å². The van der Waals surface area contributed by atoms with Gasteiger partial charge in [0.2, 0.25) is 0 Å². The van der Waals surface area contributed by atoms with Crippen molar-refractivity contribution in [3.05, 3.63) is 66.1 Å². The summed E-state index contributed by atoms with van der Waals surface area (Å²) in [5, 5.41) is 7.49. The molecule has 1 aliphatic rings. The molecular weight excluding hydrogens is 402 g/mol. The van der Waals surface area contributed by atoms with E-state index in [9.17, 15) is 8.78 Å². The first-order chi connectivity index (χ1) is 15.1. The number of nitrogens with zero attached hydrogens (tertiary/aromatic N) is 5. The number of ether oxygens (including phenoxy) is 1. The Morgan fingerprint density at radius 2 is 2.13 bits per heavy atom. The number of hydrogen-bond acceptors (Lipinski definition) is 6. The van der Waals surface area contributed by atoms with Crippen LogP contribution < -0.4 is 10.1 Å². The molecular formula is C22H22F2N6O. The maximum atomic E-state index is 14.2. The van der Waals surface area contributed by atoms with E-state index in [1.165, 1.54) is 12.1 Å². The van der Waals surface area contributed by atoms with Gasteiger partial charge in [-0.1, -0.05) is 6.07 Å². The molecule has 9 heteroatoms. The lowest BCUT2D eigenvalue weighted by Gasteiger charge is -2.17. The third kappa shape index (κ3) is 4.16. The molecule has 3 aromatic heterocycles. The molecule has 3 heterocycles. The van der Waals surface area contributed by atoms with Crippen molar-refractivity contribution >= 4 is 11.5 Å². The summed E-state index contributed by atoms with van der Waals surface area (Å²) < 4.78 is 35.0. The summed E-state index contributed by atoms with van der Waals surface area (Å²) in [4.78, 5) is 13.4. The molecule has 0 amide bonds. The van der Waals surface area contributed by atoms with E-state index in [0.29, 0.717) is 35.2 Å². The van der Waals surface area contributed by atoms with Crippen LogP contribution in [0.15, 0.2) is 48.9 Å². The van der Waals surface area contributed by atoms with E-state index in [2.05, 4.69) is 25.4 Å². The Balaban J connectivity index is 0.00000245. The average Bonchev–Trinajstić information content (AvgIpc) is 3.48. The smallest absolute Gasteiger partial charge is 0.318 e. The van der Waals surface area contributed by atoms with Crippen molar-refractivity contribution in [2.45, 2.75) is 25.8 Å². The van der Waals surface area contributed by atoms with E-state index >= 15 is 0 Å². The SMILES string of the molecule is C[C@H](Nc1cc(-c2cnn3cccnc23)nc(OCC2CC2)n1)c1ccc(F)cc1F.[HH]. The summed E-state index contributed by atoms with van der Waals surface area (Å²) in [5.74, 6) is -0.239. The van der Waals surface area contributed by atoms with Crippen molar-refractivity contribution in [2.24, 2.45) is 5.92 Å². The summed E-state index contributed by atoms with van der Waals surface area (Å²) in [6.07, 6.45) is 7.45. The van der Waals surface area contributed by atoms with Crippen molar-refractivity contribution in [1.82, 2.24) is 24.6 Å². The van der Waals surface area contributed by atoms with Crippen LogP contribution in [0.5, 0.6) is 6.01 Å². The summed E-state index contributed by atoms with van der Waals surface area (Å²) in [6, 6.07) is 6.83. The van der Waals surface area contributed by atoms with Crippen LogP contribution in [0.3, 0.4) is 0 Å². The van der Waals surface area contributed by atoms with Crippen LogP contribution in [0.4, 0.5) is 14.6 Å². The van der Waals surface area contributed by atoms with Gasteiger partial charge in [0.05, 0.1) is 30.1 Å². The molecule has 1 atom stereocenters. The monoisotopic (exact) mass is 424 g/mol. The number of aromatic nitrogens is 5. The lowest BCUT2D eigenvalue weighted by molar-refractivity contribution is 0.277. The van der Waals surface area contributed by atoms with E-state index in [-0.39, 0.29) is 7.44 Å². The molecule has 31 heavy (non-hydrogen) atoms. The predicted molar refractivity (Wildman–Crippen MR) is 113 cm³/mol.